The number of para-hydroxylation sites is 1. The lowest BCUT2D eigenvalue weighted by Crippen LogP contribution is -2.26. The Balaban J connectivity index is 1.49. The quantitative estimate of drug-likeness (QED) is 0.447. The molecule has 0 bridgehead atoms. The molecule has 150 valence electrons. The molecule has 4 rings (SSSR count). The highest BCUT2D eigenvalue weighted by Crippen LogP contribution is 2.13. The molecule has 0 aliphatic heterocycles. The van der Waals surface area contributed by atoms with Crippen LogP contribution in [-0.4, -0.2) is 22.0 Å². The normalized spacial score (nSPS) is 10.8. The van der Waals surface area contributed by atoms with Crippen LogP contribution in [0.3, 0.4) is 0 Å². The fourth-order valence-electron chi connectivity index (χ4n) is 3.23. The number of benzene rings is 3. The third-order valence-corrected chi connectivity index (χ3v) is 5.34. The summed E-state index contributed by atoms with van der Waals surface area (Å²) in [5.41, 5.74) is 2.71. The number of carbonyl (C=O) groups is 1. The standard InChI is InChI=1S/C23H18ClN3O2S/c24-17-9-5-15(6-10-17)13-14-25-21(28)16-7-11-18(12-8-16)27-22(29)19-3-1-2-4-20(19)26-23(27)30/h1-12H,13-14H2,(H,25,28)(H,26,30). The van der Waals surface area contributed by atoms with Crippen LogP contribution in [0.2, 0.25) is 5.02 Å². The summed E-state index contributed by atoms with van der Waals surface area (Å²) in [6.07, 6.45) is 0.711. The van der Waals surface area contributed by atoms with Gasteiger partial charge in [0.15, 0.2) is 4.77 Å². The van der Waals surface area contributed by atoms with Gasteiger partial charge in [0, 0.05) is 17.1 Å². The zero-order valence-electron chi connectivity index (χ0n) is 15.9. The summed E-state index contributed by atoms with van der Waals surface area (Å²) >= 11 is 11.2. The Morgan fingerprint density at radius 2 is 1.70 bits per heavy atom. The van der Waals surface area contributed by atoms with Gasteiger partial charge in [-0.25, -0.2) is 0 Å². The third-order valence-electron chi connectivity index (χ3n) is 4.81. The number of rotatable bonds is 5. The van der Waals surface area contributed by atoms with Crippen molar-refractivity contribution < 1.29 is 4.79 Å². The average Bonchev–Trinajstić information content (AvgIpc) is 2.75. The second-order valence-electron chi connectivity index (χ2n) is 6.80. The number of hydrogen-bond donors (Lipinski definition) is 2. The molecule has 1 heterocycles. The predicted octanol–water partition coefficient (Wildman–Crippen LogP) is 4.67. The Bertz CT molecular complexity index is 1330. The Kier molecular flexibility index (Phi) is 5.79. The first kappa shape index (κ1) is 20.1. The van der Waals surface area contributed by atoms with Gasteiger partial charge in [-0.2, -0.15) is 0 Å². The second kappa shape index (κ2) is 8.65. The van der Waals surface area contributed by atoms with E-state index in [9.17, 15) is 9.59 Å². The highest BCUT2D eigenvalue weighted by molar-refractivity contribution is 7.71. The van der Waals surface area contributed by atoms with E-state index < -0.39 is 0 Å². The van der Waals surface area contributed by atoms with Crippen molar-refractivity contribution in [1.29, 1.82) is 0 Å². The van der Waals surface area contributed by atoms with Gasteiger partial charge >= 0.3 is 0 Å². The highest BCUT2D eigenvalue weighted by atomic mass is 35.5. The molecule has 1 amide bonds. The van der Waals surface area contributed by atoms with E-state index in [2.05, 4.69) is 10.3 Å². The van der Waals surface area contributed by atoms with Gasteiger partial charge in [-0.1, -0.05) is 35.9 Å². The number of nitrogens with one attached hydrogen (secondary N) is 2. The lowest BCUT2D eigenvalue weighted by Gasteiger charge is -2.09. The van der Waals surface area contributed by atoms with Crippen LogP contribution in [0.15, 0.2) is 77.6 Å². The minimum atomic E-state index is -0.200. The molecule has 30 heavy (non-hydrogen) atoms. The van der Waals surface area contributed by atoms with E-state index in [1.807, 2.05) is 42.5 Å². The van der Waals surface area contributed by atoms with Crippen molar-refractivity contribution >= 4 is 40.6 Å². The van der Waals surface area contributed by atoms with Gasteiger partial charge in [0.25, 0.3) is 11.5 Å². The average molecular weight is 436 g/mol. The lowest BCUT2D eigenvalue weighted by atomic mass is 10.1. The summed E-state index contributed by atoms with van der Waals surface area (Å²) in [4.78, 5) is 28.3. The maximum atomic E-state index is 12.9. The van der Waals surface area contributed by atoms with Crippen LogP contribution in [-0.2, 0) is 6.42 Å². The first-order valence-corrected chi connectivity index (χ1v) is 10.2. The fourth-order valence-corrected chi connectivity index (χ4v) is 3.66. The maximum Gasteiger partial charge on any atom is 0.266 e. The third kappa shape index (κ3) is 4.20. The molecule has 7 heteroatoms. The Morgan fingerprint density at radius 3 is 2.43 bits per heavy atom. The van der Waals surface area contributed by atoms with Gasteiger partial charge in [0.05, 0.1) is 16.6 Å². The summed E-state index contributed by atoms with van der Waals surface area (Å²) in [6.45, 7) is 0.512. The molecule has 5 nitrogen and oxygen atoms in total. The molecular weight excluding hydrogens is 418 g/mol. The summed E-state index contributed by atoms with van der Waals surface area (Å²) in [7, 11) is 0. The first-order chi connectivity index (χ1) is 14.5. The first-order valence-electron chi connectivity index (χ1n) is 9.40. The van der Waals surface area contributed by atoms with Gasteiger partial charge in [-0.15, -0.1) is 0 Å². The molecule has 0 atom stereocenters. The minimum Gasteiger partial charge on any atom is -0.352 e. The molecule has 0 aliphatic carbocycles. The van der Waals surface area contributed by atoms with Crippen molar-refractivity contribution in [3.63, 3.8) is 0 Å². The number of H-pyrrole nitrogens is 1. The van der Waals surface area contributed by atoms with Gasteiger partial charge < -0.3 is 10.3 Å². The number of amides is 1. The molecule has 0 saturated carbocycles. The van der Waals surface area contributed by atoms with Crippen LogP contribution in [0, 0.1) is 4.77 Å². The van der Waals surface area contributed by atoms with E-state index in [-0.39, 0.29) is 11.5 Å². The summed E-state index contributed by atoms with van der Waals surface area (Å²) in [6, 6.07) is 21.6. The Morgan fingerprint density at radius 1 is 1.00 bits per heavy atom. The van der Waals surface area contributed by atoms with E-state index in [0.29, 0.717) is 44.9 Å². The molecule has 0 aliphatic rings. The fraction of sp³-hybridized carbons (Fsp3) is 0.0870. The molecule has 0 spiro atoms. The van der Waals surface area contributed by atoms with E-state index in [4.69, 9.17) is 23.8 Å². The molecular formula is C23H18ClN3O2S. The summed E-state index contributed by atoms with van der Waals surface area (Å²) < 4.78 is 1.73. The van der Waals surface area contributed by atoms with E-state index >= 15 is 0 Å². The predicted molar refractivity (Wildman–Crippen MR) is 122 cm³/mol. The lowest BCUT2D eigenvalue weighted by molar-refractivity contribution is 0.0954. The number of carbonyl (C=O) groups excluding carboxylic acids is 1. The Labute approximate surface area is 183 Å². The second-order valence-corrected chi connectivity index (χ2v) is 7.62. The van der Waals surface area contributed by atoms with Crippen molar-refractivity contribution in [2.75, 3.05) is 6.54 Å². The zero-order chi connectivity index (χ0) is 21.1. The number of hydrogen-bond acceptors (Lipinski definition) is 3. The number of fused-ring (bicyclic) bond motifs is 1. The molecule has 1 aromatic heterocycles. The molecule has 0 unspecified atom stereocenters. The monoisotopic (exact) mass is 435 g/mol. The molecule has 4 aromatic rings. The van der Waals surface area contributed by atoms with Crippen molar-refractivity contribution in [2.45, 2.75) is 6.42 Å². The van der Waals surface area contributed by atoms with Crippen LogP contribution in [0.1, 0.15) is 15.9 Å². The van der Waals surface area contributed by atoms with Crippen molar-refractivity contribution in [3.05, 3.63) is 104 Å². The highest BCUT2D eigenvalue weighted by Gasteiger charge is 2.09. The van der Waals surface area contributed by atoms with Crippen molar-refractivity contribution in [2.24, 2.45) is 0 Å². The topological polar surface area (TPSA) is 66.9 Å². The van der Waals surface area contributed by atoms with Gasteiger partial charge in [-0.05, 0) is 72.7 Å². The molecule has 0 saturated heterocycles. The van der Waals surface area contributed by atoms with Gasteiger partial charge in [0.2, 0.25) is 0 Å². The zero-order valence-corrected chi connectivity index (χ0v) is 17.5. The van der Waals surface area contributed by atoms with Crippen LogP contribution in [0.5, 0.6) is 0 Å². The van der Waals surface area contributed by atoms with Crippen LogP contribution >= 0.6 is 23.8 Å². The molecule has 3 aromatic carbocycles. The largest absolute Gasteiger partial charge is 0.352 e. The summed E-state index contributed by atoms with van der Waals surface area (Å²) in [5.74, 6) is -0.175. The van der Waals surface area contributed by atoms with Gasteiger partial charge in [0.1, 0.15) is 0 Å². The van der Waals surface area contributed by atoms with E-state index in [1.54, 1.807) is 30.3 Å². The van der Waals surface area contributed by atoms with Crippen molar-refractivity contribution in [1.82, 2.24) is 14.9 Å². The van der Waals surface area contributed by atoms with Crippen LogP contribution < -0.4 is 10.9 Å². The number of aromatic amines is 1. The number of nitrogens with zero attached hydrogens (tertiary/aromatic N) is 1. The SMILES string of the molecule is O=C(NCCc1ccc(Cl)cc1)c1ccc(-n2c(=S)[nH]c3ccccc3c2=O)cc1. The van der Waals surface area contributed by atoms with E-state index in [0.717, 1.165) is 5.56 Å². The molecule has 0 fully saturated rings. The van der Waals surface area contributed by atoms with E-state index in [1.165, 1.54) is 4.57 Å². The van der Waals surface area contributed by atoms with Gasteiger partial charge in [-0.3, -0.25) is 14.2 Å². The number of aromatic nitrogens is 2. The molecule has 2 N–H and O–H groups in total. The van der Waals surface area contributed by atoms with Crippen LogP contribution in [0.25, 0.3) is 16.6 Å². The van der Waals surface area contributed by atoms with Crippen molar-refractivity contribution in [3.8, 4) is 5.69 Å². The summed E-state index contributed by atoms with van der Waals surface area (Å²) in [5, 5.41) is 4.14. The Hall–Kier alpha value is -3.22. The minimum absolute atomic E-state index is 0.175. The van der Waals surface area contributed by atoms with Crippen LogP contribution in [0.4, 0.5) is 0 Å². The molecule has 0 radical (unpaired) electrons. The number of halogens is 1. The maximum absolute atomic E-state index is 12.9. The smallest absolute Gasteiger partial charge is 0.266 e.